The SMILES string of the molecule is c1cc2c(ncc3cnc(C4CCCC4)n32)[nH]1. The summed E-state index contributed by atoms with van der Waals surface area (Å²) in [6, 6.07) is 2.08. The van der Waals surface area contributed by atoms with Gasteiger partial charge in [-0.2, -0.15) is 0 Å². The zero-order valence-electron chi connectivity index (χ0n) is 9.56. The van der Waals surface area contributed by atoms with Gasteiger partial charge in [-0.3, -0.25) is 4.40 Å². The maximum absolute atomic E-state index is 4.62. The molecule has 0 amide bonds. The first-order chi connectivity index (χ1) is 8.43. The average molecular weight is 226 g/mol. The summed E-state index contributed by atoms with van der Waals surface area (Å²) >= 11 is 0. The molecule has 3 heterocycles. The average Bonchev–Trinajstić information content (AvgIpc) is 3.08. The summed E-state index contributed by atoms with van der Waals surface area (Å²) in [7, 11) is 0. The normalized spacial score (nSPS) is 17.4. The largest absolute Gasteiger partial charge is 0.345 e. The van der Waals surface area contributed by atoms with Crippen LogP contribution in [0.5, 0.6) is 0 Å². The van der Waals surface area contributed by atoms with E-state index in [9.17, 15) is 0 Å². The molecule has 0 aliphatic heterocycles. The van der Waals surface area contributed by atoms with Crippen molar-refractivity contribution in [2.75, 3.05) is 0 Å². The van der Waals surface area contributed by atoms with Crippen LogP contribution in [-0.4, -0.2) is 19.4 Å². The molecule has 4 heteroatoms. The summed E-state index contributed by atoms with van der Waals surface area (Å²) in [6.07, 6.45) is 11.0. The Morgan fingerprint density at radius 1 is 1.18 bits per heavy atom. The van der Waals surface area contributed by atoms with Crippen LogP contribution in [0.15, 0.2) is 24.7 Å². The number of aromatic nitrogens is 4. The number of hydrogen-bond acceptors (Lipinski definition) is 2. The van der Waals surface area contributed by atoms with E-state index in [0.29, 0.717) is 5.92 Å². The van der Waals surface area contributed by atoms with Crippen molar-refractivity contribution in [3.63, 3.8) is 0 Å². The van der Waals surface area contributed by atoms with Gasteiger partial charge < -0.3 is 4.98 Å². The van der Waals surface area contributed by atoms with Crippen molar-refractivity contribution in [3.05, 3.63) is 30.5 Å². The predicted octanol–water partition coefficient (Wildman–Crippen LogP) is 2.87. The third kappa shape index (κ3) is 1.24. The minimum absolute atomic E-state index is 0.623. The minimum Gasteiger partial charge on any atom is -0.345 e. The summed E-state index contributed by atoms with van der Waals surface area (Å²) in [4.78, 5) is 12.2. The van der Waals surface area contributed by atoms with Gasteiger partial charge in [-0.15, -0.1) is 0 Å². The van der Waals surface area contributed by atoms with E-state index in [4.69, 9.17) is 0 Å². The molecule has 0 spiro atoms. The monoisotopic (exact) mass is 226 g/mol. The van der Waals surface area contributed by atoms with E-state index < -0.39 is 0 Å². The Bertz CT molecular complexity index is 673. The van der Waals surface area contributed by atoms with Gasteiger partial charge in [0.15, 0.2) is 5.65 Å². The molecule has 0 saturated heterocycles. The fourth-order valence-electron chi connectivity index (χ4n) is 2.97. The molecule has 3 aromatic heterocycles. The number of rotatable bonds is 1. The van der Waals surface area contributed by atoms with Crippen LogP contribution in [0.2, 0.25) is 0 Å². The van der Waals surface area contributed by atoms with Crippen molar-refractivity contribution in [2.24, 2.45) is 0 Å². The lowest BCUT2D eigenvalue weighted by Crippen LogP contribution is -2.01. The van der Waals surface area contributed by atoms with Crippen LogP contribution in [0.4, 0.5) is 0 Å². The highest BCUT2D eigenvalue weighted by Gasteiger charge is 2.22. The second kappa shape index (κ2) is 3.32. The molecule has 0 radical (unpaired) electrons. The summed E-state index contributed by atoms with van der Waals surface area (Å²) in [5.41, 5.74) is 3.18. The van der Waals surface area contributed by atoms with E-state index in [1.807, 2.05) is 18.6 Å². The van der Waals surface area contributed by atoms with Crippen LogP contribution in [0.3, 0.4) is 0 Å². The molecule has 0 aromatic carbocycles. The molecule has 17 heavy (non-hydrogen) atoms. The molecular weight excluding hydrogens is 212 g/mol. The second-order valence-electron chi connectivity index (χ2n) is 4.83. The van der Waals surface area contributed by atoms with Gasteiger partial charge in [-0.25, -0.2) is 9.97 Å². The molecule has 0 atom stereocenters. The number of H-pyrrole nitrogens is 1. The Labute approximate surface area is 98.7 Å². The van der Waals surface area contributed by atoms with Crippen molar-refractivity contribution in [3.8, 4) is 0 Å². The van der Waals surface area contributed by atoms with Gasteiger partial charge in [0, 0.05) is 12.1 Å². The van der Waals surface area contributed by atoms with Gasteiger partial charge in [-0.05, 0) is 18.9 Å². The molecule has 0 bridgehead atoms. The van der Waals surface area contributed by atoms with Crippen LogP contribution < -0.4 is 0 Å². The van der Waals surface area contributed by atoms with Crippen LogP contribution in [0.1, 0.15) is 37.4 Å². The van der Waals surface area contributed by atoms with Gasteiger partial charge in [0.25, 0.3) is 0 Å². The van der Waals surface area contributed by atoms with Crippen molar-refractivity contribution >= 4 is 16.7 Å². The Morgan fingerprint density at radius 2 is 2.00 bits per heavy atom. The van der Waals surface area contributed by atoms with Crippen molar-refractivity contribution < 1.29 is 0 Å². The third-order valence-corrected chi connectivity index (χ3v) is 3.81. The topological polar surface area (TPSA) is 46.0 Å². The van der Waals surface area contributed by atoms with Crippen LogP contribution in [0, 0.1) is 0 Å². The van der Waals surface area contributed by atoms with Crippen molar-refractivity contribution in [1.82, 2.24) is 19.4 Å². The maximum Gasteiger partial charge on any atom is 0.154 e. The number of nitrogens with one attached hydrogen (secondary N) is 1. The summed E-state index contributed by atoms with van der Waals surface area (Å²) in [5, 5.41) is 0. The van der Waals surface area contributed by atoms with Crippen LogP contribution in [0.25, 0.3) is 16.7 Å². The lowest BCUT2D eigenvalue weighted by atomic mass is 10.1. The molecule has 4 rings (SSSR count). The highest BCUT2D eigenvalue weighted by Crippen LogP contribution is 2.34. The lowest BCUT2D eigenvalue weighted by Gasteiger charge is -2.08. The molecule has 1 fully saturated rings. The lowest BCUT2D eigenvalue weighted by molar-refractivity contribution is 0.669. The quantitative estimate of drug-likeness (QED) is 0.693. The molecule has 3 aromatic rings. The summed E-state index contributed by atoms with van der Waals surface area (Å²) < 4.78 is 2.26. The molecule has 1 N–H and O–H groups in total. The molecule has 0 unspecified atom stereocenters. The van der Waals surface area contributed by atoms with E-state index >= 15 is 0 Å². The van der Waals surface area contributed by atoms with E-state index in [1.54, 1.807) is 0 Å². The van der Waals surface area contributed by atoms with Crippen LogP contribution in [-0.2, 0) is 0 Å². The fourth-order valence-corrected chi connectivity index (χ4v) is 2.97. The number of imidazole rings is 1. The number of fused-ring (bicyclic) bond motifs is 3. The smallest absolute Gasteiger partial charge is 0.154 e. The standard InChI is InChI=1S/C13H14N4/c1-2-4-9(3-1)13-16-8-10-7-15-12-11(17(10)13)5-6-14-12/h5-9,14H,1-4H2. The molecule has 1 aliphatic carbocycles. The molecular formula is C13H14N4. The number of nitrogens with zero attached hydrogens (tertiary/aromatic N) is 3. The fraction of sp³-hybridized carbons (Fsp3) is 0.385. The second-order valence-corrected chi connectivity index (χ2v) is 4.83. The molecule has 86 valence electrons. The highest BCUT2D eigenvalue weighted by molar-refractivity contribution is 5.75. The first-order valence-corrected chi connectivity index (χ1v) is 6.23. The van der Waals surface area contributed by atoms with E-state index in [-0.39, 0.29) is 0 Å². The first-order valence-electron chi connectivity index (χ1n) is 6.23. The Balaban J connectivity index is 2.05. The van der Waals surface area contributed by atoms with Gasteiger partial charge in [-0.1, -0.05) is 12.8 Å². The van der Waals surface area contributed by atoms with Gasteiger partial charge >= 0.3 is 0 Å². The highest BCUT2D eigenvalue weighted by atomic mass is 15.1. The molecule has 4 nitrogen and oxygen atoms in total. The Kier molecular flexibility index (Phi) is 1.80. The molecule has 1 saturated carbocycles. The maximum atomic E-state index is 4.62. The Morgan fingerprint density at radius 3 is 2.88 bits per heavy atom. The molecule has 1 aliphatic rings. The first kappa shape index (κ1) is 9.22. The minimum atomic E-state index is 0.623. The van der Waals surface area contributed by atoms with E-state index in [0.717, 1.165) is 16.7 Å². The number of aromatic amines is 1. The summed E-state index contributed by atoms with van der Waals surface area (Å²) in [5.74, 6) is 1.84. The van der Waals surface area contributed by atoms with Crippen LogP contribution >= 0.6 is 0 Å². The van der Waals surface area contributed by atoms with E-state index in [1.165, 1.54) is 31.5 Å². The van der Waals surface area contributed by atoms with Crippen molar-refractivity contribution in [2.45, 2.75) is 31.6 Å². The predicted molar refractivity (Wildman–Crippen MR) is 66.1 cm³/mol. The third-order valence-electron chi connectivity index (χ3n) is 3.81. The van der Waals surface area contributed by atoms with Gasteiger partial charge in [0.2, 0.25) is 0 Å². The number of hydrogen-bond donors (Lipinski definition) is 1. The zero-order valence-corrected chi connectivity index (χ0v) is 9.56. The van der Waals surface area contributed by atoms with Crippen molar-refractivity contribution in [1.29, 1.82) is 0 Å². The Hall–Kier alpha value is -1.84. The van der Waals surface area contributed by atoms with Gasteiger partial charge in [0.05, 0.1) is 23.4 Å². The zero-order chi connectivity index (χ0) is 11.2. The summed E-state index contributed by atoms with van der Waals surface area (Å²) in [6.45, 7) is 0. The van der Waals surface area contributed by atoms with E-state index in [2.05, 4.69) is 25.4 Å². The van der Waals surface area contributed by atoms with Gasteiger partial charge in [0.1, 0.15) is 5.82 Å².